The van der Waals surface area contributed by atoms with Crippen molar-refractivity contribution in [2.45, 2.75) is 6.92 Å². The molecule has 8 aromatic rings. The highest BCUT2D eigenvalue weighted by Crippen LogP contribution is 2.41. The number of imidazole rings is 1. The fraction of sp³-hybridized carbons (Fsp3) is 0.0238. The molecule has 214 valence electrons. The highest BCUT2D eigenvalue weighted by Gasteiger charge is 2.16. The molecule has 8 rings (SSSR count). The maximum Gasteiger partial charge on any atom is 0.146 e. The van der Waals surface area contributed by atoms with Gasteiger partial charge in [0.25, 0.3) is 0 Å². The predicted molar refractivity (Wildman–Crippen MR) is 198 cm³/mol. The number of pyridine rings is 1. The zero-order chi connectivity index (χ0) is 30.7. The van der Waals surface area contributed by atoms with E-state index in [1.54, 1.807) is 0 Å². The van der Waals surface area contributed by atoms with E-state index in [1.165, 1.54) is 37.2 Å². The summed E-state index contributed by atoms with van der Waals surface area (Å²) in [5.41, 5.74) is 10.1. The first-order valence-electron chi connectivity index (χ1n) is 15.1. The van der Waals surface area contributed by atoms with Crippen molar-refractivity contribution in [2.75, 3.05) is 0 Å². The highest BCUT2D eigenvalue weighted by atomic mass is 32.1. The fourth-order valence-corrected chi connectivity index (χ4v) is 8.05. The molecule has 0 fully saturated rings. The van der Waals surface area contributed by atoms with Gasteiger partial charge in [0.1, 0.15) is 5.65 Å². The molecule has 0 unspecified atom stereocenters. The largest absolute Gasteiger partial charge is 0.292 e. The van der Waals surface area contributed by atoms with Gasteiger partial charge < -0.3 is 0 Å². The van der Waals surface area contributed by atoms with Crippen LogP contribution in [-0.4, -0.2) is 9.38 Å². The lowest BCUT2D eigenvalue weighted by Gasteiger charge is -2.13. The van der Waals surface area contributed by atoms with Gasteiger partial charge >= 0.3 is 0 Å². The van der Waals surface area contributed by atoms with Gasteiger partial charge in [-0.05, 0) is 81.6 Å². The molecule has 3 heteroatoms. The molecular formula is C42H30N2S. The molecule has 0 aliphatic carbocycles. The lowest BCUT2D eigenvalue weighted by atomic mass is 9.95. The first-order valence-corrected chi connectivity index (χ1v) is 15.9. The van der Waals surface area contributed by atoms with Crippen LogP contribution in [0.5, 0.6) is 0 Å². The molecule has 45 heavy (non-hydrogen) atoms. The zero-order valence-corrected chi connectivity index (χ0v) is 25.9. The van der Waals surface area contributed by atoms with Crippen molar-refractivity contribution in [1.82, 2.24) is 9.38 Å². The van der Waals surface area contributed by atoms with Crippen LogP contribution in [0.15, 0.2) is 122 Å². The van der Waals surface area contributed by atoms with Crippen LogP contribution in [0.25, 0.3) is 95.5 Å². The molecular weight excluding hydrogens is 565 g/mol. The number of hydrogen-bond acceptors (Lipinski definition) is 2. The summed E-state index contributed by atoms with van der Waals surface area (Å²) in [5.74, 6) is 0. The average molecular weight is 595 g/mol. The SMILES string of the molecule is C=C/C=c1\c(=C)ccc2c1c1ccc(-c3cccc(-c4cccc5c(C=C)c(/C=C\C)sc45)c3)cc1n1c3ccccc3nc21. The monoisotopic (exact) mass is 594 g/mol. The Morgan fingerprint density at radius 2 is 1.56 bits per heavy atom. The molecule has 2 nitrogen and oxygen atoms in total. The lowest BCUT2D eigenvalue weighted by Crippen LogP contribution is -2.23. The van der Waals surface area contributed by atoms with Crippen LogP contribution >= 0.6 is 11.3 Å². The molecule has 0 saturated carbocycles. The number of hydrogen-bond donors (Lipinski definition) is 0. The minimum absolute atomic E-state index is 0.947. The Balaban J connectivity index is 1.41. The molecule has 0 amide bonds. The van der Waals surface area contributed by atoms with E-state index in [0.717, 1.165) is 54.4 Å². The van der Waals surface area contributed by atoms with Gasteiger partial charge in [0.05, 0.1) is 16.6 Å². The van der Waals surface area contributed by atoms with Crippen molar-refractivity contribution < 1.29 is 0 Å². The van der Waals surface area contributed by atoms with Gasteiger partial charge in [-0.15, -0.1) is 11.3 Å². The van der Waals surface area contributed by atoms with Crippen molar-refractivity contribution >= 4 is 84.6 Å². The number of rotatable bonds is 5. The number of aromatic nitrogens is 2. The van der Waals surface area contributed by atoms with E-state index in [0.29, 0.717) is 0 Å². The van der Waals surface area contributed by atoms with Gasteiger partial charge in [0, 0.05) is 31.1 Å². The van der Waals surface area contributed by atoms with Crippen LogP contribution in [0.3, 0.4) is 0 Å². The predicted octanol–water partition coefficient (Wildman–Crippen LogP) is 10.4. The van der Waals surface area contributed by atoms with Crippen LogP contribution in [-0.2, 0) is 0 Å². The third-order valence-corrected chi connectivity index (χ3v) is 9.96. The molecule has 0 saturated heterocycles. The van der Waals surface area contributed by atoms with E-state index in [1.807, 2.05) is 23.5 Å². The smallest absolute Gasteiger partial charge is 0.146 e. The molecule has 3 heterocycles. The number of thiophene rings is 1. The van der Waals surface area contributed by atoms with Gasteiger partial charge in [-0.1, -0.05) is 111 Å². The number of allylic oxidation sites excluding steroid dienone is 2. The van der Waals surface area contributed by atoms with Gasteiger partial charge in [0.15, 0.2) is 0 Å². The molecule has 0 aliphatic rings. The topological polar surface area (TPSA) is 17.3 Å². The van der Waals surface area contributed by atoms with E-state index < -0.39 is 0 Å². The quantitative estimate of drug-likeness (QED) is 0.181. The Bertz CT molecular complexity index is 2660. The van der Waals surface area contributed by atoms with E-state index in [2.05, 4.69) is 146 Å². The Morgan fingerprint density at radius 1 is 0.756 bits per heavy atom. The van der Waals surface area contributed by atoms with Gasteiger partial charge in [0.2, 0.25) is 0 Å². The standard InChI is InChI=1S/C42H30N2S/c1-5-12-31-26(4)20-22-35-40(31)34-23-21-28(25-38(34)44-37-19-9-8-18-36(37)43-42(35)44)27-14-10-15-29(24-27)32-16-11-17-33-30(7-3)39(13-6-2)45-41(32)33/h5-25H,1,3-4H2,2H3/b13-6-,31-12+. The Hall–Kier alpha value is -5.51. The van der Waals surface area contributed by atoms with Crippen LogP contribution < -0.4 is 10.4 Å². The van der Waals surface area contributed by atoms with Gasteiger partial charge in [-0.25, -0.2) is 4.98 Å². The first kappa shape index (κ1) is 27.1. The minimum Gasteiger partial charge on any atom is -0.292 e. The number of nitrogens with zero attached hydrogens (tertiary/aromatic N) is 2. The van der Waals surface area contributed by atoms with E-state index in [9.17, 15) is 0 Å². The fourth-order valence-electron chi connectivity index (χ4n) is 6.74. The summed E-state index contributed by atoms with van der Waals surface area (Å²) in [4.78, 5) is 6.37. The Morgan fingerprint density at radius 3 is 2.40 bits per heavy atom. The lowest BCUT2D eigenvalue weighted by molar-refractivity contribution is 1.31. The second kappa shape index (κ2) is 10.6. The van der Waals surface area contributed by atoms with Crippen LogP contribution in [0.1, 0.15) is 17.4 Å². The van der Waals surface area contributed by atoms with Crippen molar-refractivity contribution in [3.63, 3.8) is 0 Å². The average Bonchev–Trinajstić information content (AvgIpc) is 3.64. The second-order valence-electron chi connectivity index (χ2n) is 11.3. The summed E-state index contributed by atoms with van der Waals surface area (Å²) in [5, 5.41) is 6.72. The molecule has 0 N–H and O–H groups in total. The maximum atomic E-state index is 5.13. The van der Waals surface area contributed by atoms with E-state index >= 15 is 0 Å². The van der Waals surface area contributed by atoms with Crippen LogP contribution in [0.4, 0.5) is 0 Å². The van der Waals surface area contributed by atoms with Crippen molar-refractivity contribution in [3.8, 4) is 22.3 Å². The summed E-state index contributed by atoms with van der Waals surface area (Å²) in [6, 6.07) is 34.9. The second-order valence-corrected chi connectivity index (χ2v) is 12.4. The van der Waals surface area contributed by atoms with Gasteiger partial charge in [-0.2, -0.15) is 0 Å². The molecule has 3 aromatic heterocycles. The summed E-state index contributed by atoms with van der Waals surface area (Å²) in [6.45, 7) is 14.5. The maximum absolute atomic E-state index is 5.13. The number of para-hydroxylation sites is 2. The Labute approximate surface area is 265 Å². The third-order valence-electron chi connectivity index (χ3n) is 8.74. The van der Waals surface area contributed by atoms with Crippen molar-refractivity contribution in [3.05, 3.63) is 143 Å². The molecule has 0 atom stereocenters. The molecule has 0 radical (unpaired) electrons. The number of fused-ring (bicyclic) bond motifs is 9. The third kappa shape index (κ3) is 4.12. The summed E-state index contributed by atoms with van der Waals surface area (Å²) >= 11 is 1.83. The molecule has 0 aliphatic heterocycles. The van der Waals surface area contributed by atoms with Gasteiger partial charge in [-0.3, -0.25) is 4.40 Å². The normalized spacial score (nSPS) is 12.4. The summed E-state index contributed by atoms with van der Waals surface area (Å²) < 4.78 is 3.59. The van der Waals surface area contributed by atoms with Crippen LogP contribution in [0.2, 0.25) is 0 Å². The summed E-state index contributed by atoms with van der Waals surface area (Å²) in [7, 11) is 0. The molecule has 0 bridgehead atoms. The number of benzene rings is 5. The van der Waals surface area contributed by atoms with E-state index in [4.69, 9.17) is 4.98 Å². The van der Waals surface area contributed by atoms with Crippen molar-refractivity contribution in [2.24, 2.45) is 0 Å². The molecule has 5 aromatic carbocycles. The Kier molecular flexibility index (Phi) is 6.37. The molecule has 0 spiro atoms. The van der Waals surface area contributed by atoms with E-state index in [-0.39, 0.29) is 0 Å². The van der Waals surface area contributed by atoms with Crippen LogP contribution in [0, 0.1) is 0 Å². The first-order chi connectivity index (χ1) is 22.1. The zero-order valence-electron chi connectivity index (χ0n) is 25.0. The summed E-state index contributed by atoms with van der Waals surface area (Å²) in [6.07, 6.45) is 10.2. The van der Waals surface area contributed by atoms with Crippen molar-refractivity contribution in [1.29, 1.82) is 0 Å². The minimum atomic E-state index is 0.947. The highest BCUT2D eigenvalue weighted by molar-refractivity contribution is 7.20.